The van der Waals surface area contributed by atoms with Gasteiger partial charge in [-0.3, -0.25) is 0 Å². The summed E-state index contributed by atoms with van der Waals surface area (Å²) in [4.78, 5) is 3.34. The Labute approximate surface area is 130 Å². The number of nitrogens with one attached hydrogen (secondary N) is 1. The second-order valence-corrected chi connectivity index (χ2v) is 5.51. The zero-order valence-corrected chi connectivity index (χ0v) is 12.0. The highest BCUT2D eigenvalue weighted by Crippen LogP contribution is 2.33. The van der Waals surface area contributed by atoms with Crippen LogP contribution in [0.5, 0.6) is 0 Å². The number of aromatic amines is 1. The molecule has 4 rings (SSSR count). The number of hydrogen-bond acceptors (Lipinski definition) is 0. The second kappa shape index (κ2) is 4.88. The maximum atomic E-state index is 12.6. The number of para-hydroxylation sites is 1. The summed E-state index contributed by atoms with van der Waals surface area (Å²) in [5.41, 5.74) is 3.04. The zero-order chi connectivity index (χ0) is 16.0. The zero-order valence-electron chi connectivity index (χ0n) is 12.0. The number of halogens is 3. The minimum Gasteiger partial charge on any atom is -0.354 e. The monoisotopic (exact) mass is 311 g/mol. The summed E-state index contributed by atoms with van der Waals surface area (Å²) in [5.74, 6) is 0. The second-order valence-electron chi connectivity index (χ2n) is 5.51. The molecule has 1 N–H and O–H groups in total. The lowest BCUT2D eigenvalue weighted by Crippen LogP contribution is -2.03. The number of fused-ring (bicyclic) bond motifs is 3. The molecule has 4 aromatic rings. The molecule has 0 saturated heterocycles. The van der Waals surface area contributed by atoms with Gasteiger partial charge < -0.3 is 4.98 Å². The van der Waals surface area contributed by atoms with E-state index in [2.05, 4.69) is 4.98 Å². The summed E-state index contributed by atoms with van der Waals surface area (Å²) in [6.45, 7) is 0. The van der Waals surface area contributed by atoms with Gasteiger partial charge in [-0.25, -0.2) is 0 Å². The Morgan fingerprint density at radius 3 is 2.04 bits per heavy atom. The first-order chi connectivity index (χ1) is 11.0. The van der Waals surface area contributed by atoms with E-state index in [1.54, 1.807) is 0 Å². The fraction of sp³-hybridized carbons (Fsp3) is 0.0526. The van der Waals surface area contributed by atoms with Gasteiger partial charge in [0.25, 0.3) is 0 Å². The van der Waals surface area contributed by atoms with Gasteiger partial charge in [0, 0.05) is 21.8 Å². The first kappa shape index (κ1) is 13.9. The standard InChI is InChI=1S/C19H12F3N/c20-19(21,22)14-8-5-12(6-9-14)13-7-10-16-15-3-1-2-4-17(15)23-18(16)11-13/h1-11,23H. The quantitative estimate of drug-likeness (QED) is 0.443. The molecular weight excluding hydrogens is 299 g/mol. The van der Waals surface area contributed by atoms with Gasteiger partial charge in [-0.1, -0.05) is 42.5 Å². The van der Waals surface area contributed by atoms with Crippen LogP contribution in [0.15, 0.2) is 66.7 Å². The van der Waals surface area contributed by atoms with Crippen LogP contribution in [0.3, 0.4) is 0 Å². The molecule has 114 valence electrons. The van der Waals surface area contributed by atoms with Crippen LogP contribution >= 0.6 is 0 Å². The molecule has 0 fully saturated rings. The van der Waals surface area contributed by atoms with Crippen LogP contribution < -0.4 is 0 Å². The average molecular weight is 311 g/mol. The predicted octanol–water partition coefficient (Wildman–Crippen LogP) is 6.01. The molecule has 0 atom stereocenters. The first-order valence-corrected chi connectivity index (χ1v) is 7.20. The molecule has 0 radical (unpaired) electrons. The Kier molecular flexibility index (Phi) is 2.94. The molecule has 0 unspecified atom stereocenters. The third kappa shape index (κ3) is 2.36. The third-order valence-electron chi connectivity index (χ3n) is 4.05. The Morgan fingerprint density at radius 2 is 1.30 bits per heavy atom. The maximum Gasteiger partial charge on any atom is 0.416 e. The van der Waals surface area contributed by atoms with Gasteiger partial charge >= 0.3 is 6.18 Å². The van der Waals surface area contributed by atoms with Crippen LogP contribution in [-0.2, 0) is 6.18 Å². The molecule has 0 aliphatic rings. The third-order valence-corrected chi connectivity index (χ3v) is 4.05. The molecule has 0 amide bonds. The summed E-state index contributed by atoms with van der Waals surface area (Å²) in [6, 6.07) is 19.2. The predicted molar refractivity (Wildman–Crippen MR) is 86.2 cm³/mol. The maximum absolute atomic E-state index is 12.6. The van der Waals surface area contributed by atoms with Crippen molar-refractivity contribution in [1.29, 1.82) is 0 Å². The highest BCUT2D eigenvalue weighted by molar-refractivity contribution is 6.08. The average Bonchev–Trinajstić information content (AvgIpc) is 2.92. The van der Waals surface area contributed by atoms with E-state index in [1.165, 1.54) is 12.1 Å². The number of alkyl halides is 3. The molecule has 1 aromatic heterocycles. The summed E-state index contributed by atoms with van der Waals surface area (Å²) in [7, 11) is 0. The van der Waals surface area contributed by atoms with Crippen molar-refractivity contribution in [2.45, 2.75) is 6.18 Å². The van der Waals surface area contributed by atoms with Gasteiger partial charge in [-0.15, -0.1) is 0 Å². The SMILES string of the molecule is FC(F)(F)c1ccc(-c2ccc3c(c2)[nH]c2ccccc23)cc1. The molecule has 1 heterocycles. The van der Waals surface area contributed by atoms with Crippen molar-refractivity contribution in [3.8, 4) is 11.1 Å². The molecule has 0 aliphatic carbocycles. The number of benzene rings is 3. The van der Waals surface area contributed by atoms with Crippen molar-refractivity contribution in [3.63, 3.8) is 0 Å². The summed E-state index contributed by atoms with van der Waals surface area (Å²) >= 11 is 0. The van der Waals surface area contributed by atoms with Crippen molar-refractivity contribution in [2.24, 2.45) is 0 Å². The van der Waals surface area contributed by atoms with Crippen LogP contribution in [-0.4, -0.2) is 4.98 Å². The molecule has 0 spiro atoms. The van der Waals surface area contributed by atoms with Gasteiger partial charge in [-0.2, -0.15) is 13.2 Å². The summed E-state index contributed by atoms with van der Waals surface area (Å²) in [6.07, 6.45) is -4.31. The van der Waals surface area contributed by atoms with Crippen LogP contribution in [0.4, 0.5) is 13.2 Å². The minimum atomic E-state index is -4.31. The minimum absolute atomic E-state index is 0.632. The number of rotatable bonds is 1. The van der Waals surface area contributed by atoms with E-state index in [1.807, 2.05) is 42.5 Å². The fourth-order valence-corrected chi connectivity index (χ4v) is 2.89. The smallest absolute Gasteiger partial charge is 0.354 e. The Hall–Kier alpha value is -2.75. The molecular formula is C19H12F3N. The Morgan fingerprint density at radius 1 is 0.652 bits per heavy atom. The van der Waals surface area contributed by atoms with Crippen molar-refractivity contribution >= 4 is 21.8 Å². The van der Waals surface area contributed by atoms with E-state index in [-0.39, 0.29) is 0 Å². The van der Waals surface area contributed by atoms with Crippen molar-refractivity contribution in [2.75, 3.05) is 0 Å². The lowest BCUT2D eigenvalue weighted by Gasteiger charge is -2.08. The van der Waals surface area contributed by atoms with E-state index in [4.69, 9.17) is 0 Å². The van der Waals surface area contributed by atoms with E-state index in [0.717, 1.165) is 45.1 Å². The largest absolute Gasteiger partial charge is 0.416 e. The molecule has 23 heavy (non-hydrogen) atoms. The van der Waals surface area contributed by atoms with Gasteiger partial charge in [0.1, 0.15) is 0 Å². The van der Waals surface area contributed by atoms with Crippen LogP contribution in [0.2, 0.25) is 0 Å². The van der Waals surface area contributed by atoms with E-state index in [0.29, 0.717) is 0 Å². The van der Waals surface area contributed by atoms with Crippen molar-refractivity contribution < 1.29 is 13.2 Å². The lowest BCUT2D eigenvalue weighted by atomic mass is 10.0. The van der Waals surface area contributed by atoms with Gasteiger partial charge in [0.05, 0.1) is 5.56 Å². The number of hydrogen-bond donors (Lipinski definition) is 1. The molecule has 0 bridgehead atoms. The molecule has 0 aliphatic heterocycles. The van der Waals surface area contributed by atoms with Gasteiger partial charge in [0.15, 0.2) is 0 Å². The van der Waals surface area contributed by atoms with Crippen LogP contribution in [0.1, 0.15) is 5.56 Å². The summed E-state index contributed by atoms with van der Waals surface area (Å²) in [5, 5.41) is 2.25. The first-order valence-electron chi connectivity index (χ1n) is 7.20. The van der Waals surface area contributed by atoms with E-state index >= 15 is 0 Å². The van der Waals surface area contributed by atoms with E-state index in [9.17, 15) is 13.2 Å². The van der Waals surface area contributed by atoms with E-state index < -0.39 is 11.7 Å². The molecule has 4 heteroatoms. The van der Waals surface area contributed by atoms with Gasteiger partial charge in [-0.05, 0) is 35.4 Å². The summed E-state index contributed by atoms with van der Waals surface area (Å²) < 4.78 is 37.9. The molecule has 1 nitrogen and oxygen atoms in total. The topological polar surface area (TPSA) is 15.8 Å². The van der Waals surface area contributed by atoms with Crippen molar-refractivity contribution in [1.82, 2.24) is 4.98 Å². The van der Waals surface area contributed by atoms with Crippen LogP contribution in [0, 0.1) is 0 Å². The Balaban J connectivity index is 1.81. The molecule has 3 aromatic carbocycles. The lowest BCUT2D eigenvalue weighted by molar-refractivity contribution is -0.137. The number of H-pyrrole nitrogens is 1. The highest BCUT2D eigenvalue weighted by Gasteiger charge is 2.29. The Bertz CT molecular complexity index is 995. The van der Waals surface area contributed by atoms with Gasteiger partial charge in [0.2, 0.25) is 0 Å². The normalized spacial score (nSPS) is 12.1. The van der Waals surface area contributed by atoms with Crippen LogP contribution in [0.25, 0.3) is 32.9 Å². The highest BCUT2D eigenvalue weighted by atomic mass is 19.4. The molecule has 0 saturated carbocycles. The fourth-order valence-electron chi connectivity index (χ4n) is 2.89. The number of aromatic nitrogens is 1. The van der Waals surface area contributed by atoms with Crippen molar-refractivity contribution in [3.05, 3.63) is 72.3 Å².